The molecule has 18 heavy (non-hydrogen) atoms. The minimum Gasteiger partial charge on any atom is -0.496 e. The number of ether oxygens (including phenoxy) is 4. The fourth-order valence-corrected chi connectivity index (χ4v) is 1.60. The van der Waals surface area contributed by atoms with Crippen LogP contribution in [0.5, 0.6) is 11.5 Å². The summed E-state index contributed by atoms with van der Waals surface area (Å²) in [5.41, 5.74) is 1.15. The SMILES string of the molecule is CCOC(=O)c1cc(OC)c(COC)c(OC)c1. The number of benzene rings is 1. The molecule has 5 nitrogen and oxygen atoms in total. The third-order valence-electron chi connectivity index (χ3n) is 2.41. The van der Waals surface area contributed by atoms with Gasteiger partial charge >= 0.3 is 5.97 Å². The predicted molar refractivity (Wildman–Crippen MR) is 66.2 cm³/mol. The van der Waals surface area contributed by atoms with Crippen molar-refractivity contribution in [2.75, 3.05) is 27.9 Å². The van der Waals surface area contributed by atoms with Gasteiger partial charge in [-0.15, -0.1) is 0 Å². The first-order chi connectivity index (χ1) is 8.67. The molecule has 0 aromatic heterocycles. The van der Waals surface area contributed by atoms with Gasteiger partial charge in [-0.25, -0.2) is 4.79 Å². The van der Waals surface area contributed by atoms with Crippen molar-refractivity contribution in [2.24, 2.45) is 0 Å². The lowest BCUT2D eigenvalue weighted by atomic mass is 10.1. The molecule has 0 bridgehead atoms. The van der Waals surface area contributed by atoms with Crippen molar-refractivity contribution in [3.63, 3.8) is 0 Å². The molecule has 0 amide bonds. The van der Waals surface area contributed by atoms with Crippen molar-refractivity contribution >= 4 is 5.97 Å². The molecule has 0 fully saturated rings. The topological polar surface area (TPSA) is 54.0 Å². The second kappa shape index (κ2) is 6.86. The Morgan fingerprint density at radius 3 is 2.06 bits per heavy atom. The van der Waals surface area contributed by atoms with Gasteiger partial charge in [0.1, 0.15) is 11.5 Å². The lowest BCUT2D eigenvalue weighted by molar-refractivity contribution is 0.0525. The molecule has 0 saturated carbocycles. The molecule has 0 unspecified atom stereocenters. The van der Waals surface area contributed by atoms with Crippen molar-refractivity contribution in [1.29, 1.82) is 0 Å². The van der Waals surface area contributed by atoms with Gasteiger partial charge in [0.05, 0.1) is 38.6 Å². The van der Waals surface area contributed by atoms with Crippen LogP contribution < -0.4 is 9.47 Å². The van der Waals surface area contributed by atoms with Crippen molar-refractivity contribution < 1.29 is 23.7 Å². The normalized spacial score (nSPS) is 10.0. The number of carbonyl (C=O) groups excluding carboxylic acids is 1. The van der Waals surface area contributed by atoms with Crippen LogP contribution in [0.3, 0.4) is 0 Å². The minimum atomic E-state index is -0.405. The Hall–Kier alpha value is -1.75. The lowest BCUT2D eigenvalue weighted by Gasteiger charge is -2.14. The number of hydrogen-bond acceptors (Lipinski definition) is 5. The van der Waals surface area contributed by atoms with Crippen molar-refractivity contribution in [3.8, 4) is 11.5 Å². The van der Waals surface area contributed by atoms with E-state index in [1.165, 1.54) is 14.2 Å². The van der Waals surface area contributed by atoms with Crippen LogP contribution in [0.25, 0.3) is 0 Å². The Labute approximate surface area is 107 Å². The van der Waals surface area contributed by atoms with Gasteiger partial charge in [-0.2, -0.15) is 0 Å². The summed E-state index contributed by atoms with van der Waals surface area (Å²) < 4.78 is 20.5. The largest absolute Gasteiger partial charge is 0.496 e. The summed E-state index contributed by atoms with van der Waals surface area (Å²) in [7, 11) is 4.64. The maximum absolute atomic E-state index is 11.7. The molecule has 1 rings (SSSR count). The summed E-state index contributed by atoms with van der Waals surface area (Å²) in [6.07, 6.45) is 0. The highest BCUT2D eigenvalue weighted by Crippen LogP contribution is 2.31. The molecule has 100 valence electrons. The number of carbonyl (C=O) groups is 1. The third kappa shape index (κ3) is 3.13. The average molecular weight is 254 g/mol. The molecule has 1 aromatic carbocycles. The van der Waals surface area contributed by atoms with Crippen molar-refractivity contribution in [1.82, 2.24) is 0 Å². The van der Waals surface area contributed by atoms with E-state index >= 15 is 0 Å². The molecule has 5 heteroatoms. The Morgan fingerprint density at radius 2 is 1.67 bits per heavy atom. The van der Waals surface area contributed by atoms with Gasteiger partial charge in [0, 0.05) is 7.11 Å². The van der Waals surface area contributed by atoms with Gasteiger partial charge in [0.2, 0.25) is 0 Å². The molecule has 0 aliphatic carbocycles. The fraction of sp³-hybridized carbons (Fsp3) is 0.462. The molecule has 0 saturated heterocycles. The molecular formula is C13H18O5. The van der Waals surface area contributed by atoms with Gasteiger partial charge in [-0.3, -0.25) is 0 Å². The number of rotatable bonds is 6. The summed E-state index contributed by atoms with van der Waals surface area (Å²) in [5.74, 6) is 0.677. The summed E-state index contributed by atoms with van der Waals surface area (Å²) >= 11 is 0. The highest BCUT2D eigenvalue weighted by atomic mass is 16.5. The Bertz CT molecular complexity index is 389. The van der Waals surface area contributed by atoms with Gasteiger partial charge < -0.3 is 18.9 Å². The smallest absolute Gasteiger partial charge is 0.338 e. The van der Waals surface area contributed by atoms with E-state index < -0.39 is 5.97 Å². The summed E-state index contributed by atoms with van der Waals surface area (Å²) in [4.78, 5) is 11.7. The minimum absolute atomic E-state index is 0.323. The van der Waals surface area contributed by atoms with Crippen molar-refractivity contribution in [3.05, 3.63) is 23.3 Å². The molecule has 0 aliphatic rings. The van der Waals surface area contributed by atoms with Gasteiger partial charge in [-0.05, 0) is 19.1 Å². The van der Waals surface area contributed by atoms with Gasteiger partial charge in [-0.1, -0.05) is 0 Å². The summed E-state index contributed by atoms with van der Waals surface area (Å²) in [6, 6.07) is 3.24. The van der Waals surface area contributed by atoms with E-state index in [1.807, 2.05) is 0 Å². The highest BCUT2D eigenvalue weighted by Gasteiger charge is 2.16. The second-order valence-electron chi connectivity index (χ2n) is 3.51. The van der Waals surface area contributed by atoms with E-state index in [0.717, 1.165) is 5.56 Å². The number of esters is 1. The zero-order chi connectivity index (χ0) is 13.5. The first-order valence-corrected chi connectivity index (χ1v) is 5.58. The quantitative estimate of drug-likeness (QED) is 0.727. The number of methoxy groups -OCH3 is 3. The van der Waals surface area contributed by atoms with E-state index in [-0.39, 0.29) is 0 Å². The highest BCUT2D eigenvalue weighted by molar-refractivity contribution is 5.90. The zero-order valence-electron chi connectivity index (χ0n) is 11.1. The van der Waals surface area contributed by atoms with Crippen LogP contribution in [-0.4, -0.2) is 33.9 Å². The van der Waals surface area contributed by atoms with Crippen LogP contribution in [-0.2, 0) is 16.1 Å². The van der Waals surface area contributed by atoms with E-state index in [4.69, 9.17) is 18.9 Å². The van der Waals surface area contributed by atoms with Crippen LogP contribution in [0.4, 0.5) is 0 Å². The fourth-order valence-electron chi connectivity index (χ4n) is 1.60. The Kier molecular flexibility index (Phi) is 5.45. The zero-order valence-corrected chi connectivity index (χ0v) is 11.1. The first kappa shape index (κ1) is 14.3. The molecule has 0 atom stereocenters. The molecule has 0 radical (unpaired) electrons. The maximum Gasteiger partial charge on any atom is 0.338 e. The predicted octanol–water partition coefficient (Wildman–Crippen LogP) is 2.03. The molecule has 0 spiro atoms. The van der Waals surface area contributed by atoms with E-state index in [9.17, 15) is 4.79 Å². The Morgan fingerprint density at radius 1 is 1.11 bits per heavy atom. The second-order valence-corrected chi connectivity index (χ2v) is 3.51. The van der Waals surface area contributed by atoms with Gasteiger partial charge in [0.25, 0.3) is 0 Å². The molecular weight excluding hydrogens is 236 g/mol. The van der Waals surface area contributed by atoms with Crippen molar-refractivity contribution in [2.45, 2.75) is 13.5 Å². The van der Waals surface area contributed by atoms with E-state index in [1.54, 1.807) is 26.2 Å². The lowest BCUT2D eigenvalue weighted by Crippen LogP contribution is -2.07. The van der Waals surface area contributed by atoms with Gasteiger partial charge in [0.15, 0.2) is 0 Å². The van der Waals surface area contributed by atoms with E-state index in [2.05, 4.69) is 0 Å². The van der Waals surface area contributed by atoms with Crippen LogP contribution in [0.1, 0.15) is 22.8 Å². The monoisotopic (exact) mass is 254 g/mol. The maximum atomic E-state index is 11.7. The molecule has 0 N–H and O–H groups in total. The van der Waals surface area contributed by atoms with Crippen LogP contribution in [0.15, 0.2) is 12.1 Å². The number of hydrogen-bond donors (Lipinski definition) is 0. The third-order valence-corrected chi connectivity index (χ3v) is 2.41. The summed E-state index contributed by atoms with van der Waals surface area (Å²) in [5, 5.41) is 0. The van der Waals surface area contributed by atoms with Crippen LogP contribution in [0.2, 0.25) is 0 Å². The standard InChI is InChI=1S/C13H18O5/c1-5-18-13(14)9-6-11(16-3)10(8-15-2)12(7-9)17-4/h6-7H,5,8H2,1-4H3. The summed E-state index contributed by atoms with van der Waals surface area (Å²) in [6.45, 7) is 2.42. The first-order valence-electron chi connectivity index (χ1n) is 5.58. The molecule has 0 heterocycles. The Balaban J connectivity index is 3.21. The van der Waals surface area contributed by atoms with Crippen LogP contribution >= 0.6 is 0 Å². The average Bonchev–Trinajstić information content (AvgIpc) is 2.39. The molecule has 1 aromatic rings. The van der Waals surface area contributed by atoms with E-state index in [0.29, 0.717) is 30.3 Å². The van der Waals surface area contributed by atoms with Crippen LogP contribution in [0, 0.1) is 0 Å². The molecule has 0 aliphatic heterocycles.